The standard InChI is InChI=1S/C14H22O2.C10H16O.C8H17O5P/c1-5-16-14(15)9-13-8-12(10(2)3)7-6-11(13)4;1-7(2)9-5-4-8(3)10(11)6-9;1-4-11-8(9)7-14(10,12-5-2)13-6-3/h9,11-12H,2,5-8H2,1,3-4H3;8-9H,1,4-6H2,2-3H3;4-7H2,1-3H3/b13-9+;;/t11-,12-;8?,9-;/m11./s1. The second kappa shape index (κ2) is 20.8. The summed E-state index contributed by atoms with van der Waals surface area (Å²) in [5, 5.41) is 0. The monoisotopic (exact) mass is 598 g/mol. The number of esters is 2. The summed E-state index contributed by atoms with van der Waals surface area (Å²) in [4.78, 5) is 33.7. The fraction of sp³-hybridized carbons (Fsp3) is 0.719. The first-order chi connectivity index (χ1) is 19.2. The Bertz CT molecular complexity index is 928. The van der Waals surface area contributed by atoms with E-state index in [1.54, 1.807) is 26.8 Å². The van der Waals surface area contributed by atoms with Gasteiger partial charge in [-0.2, -0.15) is 0 Å². The van der Waals surface area contributed by atoms with Crippen LogP contribution in [0.5, 0.6) is 0 Å². The first-order valence-electron chi connectivity index (χ1n) is 15.0. The number of allylic oxidation sites excluding steroid dienone is 3. The second-order valence-electron chi connectivity index (χ2n) is 10.8. The van der Waals surface area contributed by atoms with Crippen LogP contribution in [0.2, 0.25) is 0 Å². The van der Waals surface area contributed by atoms with Gasteiger partial charge in [0.1, 0.15) is 11.9 Å². The maximum absolute atomic E-state index is 11.8. The van der Waals surface area contributed by atoms with Gasteiger partial charge >= 0.3 is 19.5 Å². The van der Waals surface area contributed by atoms with Crippen LogP contribution in [0.4, 0.5) is 0 Å². The van der Waals surface area contributed by atoms with E-state index in [4.69, 9.17) is 13.8 Å². The molecule has 2 saturated carbocycles. The molecule has 0 aliphatic heterocycles. The quantitative estimate of drug-likeness (QED) is 0.102. The van der Waals surface area contributed by atoms with Crippen molar-refractivity contribution in [2.45, 2.75) is 93.9 Å². The van der Waals surface area contributed by atoms with Crippen molar-refractivity contribution in [1.29, 1.82) is 0 Å². The Balaban J connectivity index is 0.000000595. The first-order valence-corrected chi connectivity index (χ1v) is 16.7. The SMILES string of the molecule is C=C(C)[C@@H]1CCC(C)C(=O)C1.C=C(C)[C@@H]1CC[C@@H](C)/C(=C/C(=O)OCC)C1.CCOC(=O)CP(=O)(OCC)OCC. The third-order valence-corrected chi connectivity index (χ3v) is 9.22. The van der Waals surface area contributed by atoms with Crippen LogP contribution in [0, 0.1) is 23.7 Å². The first kappa shape index (κ1) is 39.0. The number of carbonyl (C=O) groups excluding carboxylic acids is 3. The molecule has 8 nitrogen and oxygen atoms in total. The molecule has 0 bridgehead atoms. The maximum Gasteiger partial charge on any atom is 0.341 e. The molecule has 41 heavy (non-hydrogen) atoms. The number of rotatable bonds is 11. The maximum atomic E-state index is 11.8. The third kappa shape index (κ3) is 16.3. The zero-order valence-electron chi connectivity index (χ0n) is 26.8. The minimum atomic E-state index is -3.28. The molecule has 0 amide bonds. The lowest BCUT2D eigenvalue weighted by molar-refractivity contribution is -0.140. The summed E-state index contributed by atoms with van der Waals surface area (Å²) in [6.45, 7) is 24.3. The van der Waals surface area contributed by atoms with Crippen LogP contribution < -0.4 is 0 Å². The Morgan fingerprint density at radius 3 is 1.73 bits per heavy atom. The third-order valence-electron chi connectivity index (χ3n) is 7.27. The van der Waals surface area contributed by atoms with E-state index < -0.39 is 13.6 Å². The zero-order valence-corrected chi connectivity index (χ0v) is 27.7. The van der Waals surface area contributed by atoms with Gasteiger partial charge in [-0.25, -0.2) is 4.79 Å². The van der Waals surface area contributed by atoms with Gasteiger partial charge < -0.3 is 18.5 Å². The molecule has 0 radical (unpaired) electrons. The van der Waals surface area contributed by atoms with E-state index in [-0.39, 0.29) is 32.0 Å². The Morgan fingerprint density at radius 1 is 0.805 bits per heavy atom. The molecule has 0 aromatic heterocycles. The highest BCUT2D eigenvalue weighted by Crippen LogP contribution is 2.47. The van der Waals surface area contributed by atoms with Crippen molar-refractivity contribution in [3.8, 4) is 0 Å². The summed E-state index contributed by atoms with van der Waals surface area (Å²) in [6, 6.07) is 0. The fourth-order valence-corrected chi connectivity index (χ4v) is 6.10. The predicted octanol–water partition coefficient (Wildman–Crippen LogP) is 7.87. The minimum absolute atomic E-state index is 0.202. The lowest BCUT2D eigenvalue weighted by atomic mass is 9.76. The molecule has 2 aliphatic rings. The Morgan fingerprint density at radius 2 is 1.29 bits per heavy atom. The van der Waals surface area contributed by atoms with Crippen molar-refractivity contribution >= 4 is 25.3 Å². The van der Waals surface area contributed by atoms with Gasteiger partial charge in [0.05, 0.1) is 26.4 Å². The van der Waals surface area contributed by atoms with Crippen LogP contribution in [-0.4, -0.2) is 50.3 Å². The highest BCUT2D eigenvalue weighted by Gasteiger charge is 2.28. The Kier molecular flexibility index (Phi) is 19.8. The summed E-state index contributed by atoms with van der Waals surface area (Å²) in [6.07, 6.45) is 7.61. The number of carbonyl (C=O) groups is 3. The van der Waals surface area contributed by atoms with Gasteiger partial charge in [-0.15, -0.1) is 0 Å². The van der Waals surface area contributed by atoms with Crippen LogP contribution in [0.25, 0.3) is 0 Å². The van der Waals surface area contributed by atoms with Crippen molar-refractivity contribution < 1.29 is 37.5 Å². The van der Waals surface area contributed by atoms with Crippen molar-refractivity contribution in [2.24, 2.45) is 23.7 Å². The van der Waals surface area contributed by atoms with Crippen molar-refractivity contribution in [2.75, 3.05) is 32.6 Å². The largest absolute Gasteiger partial charge is 0.466 e. The zero-order chi connectivity index (χ0) is 31.6. The van der Waals surface area contributed by atoms with E-state index in [9.17, 15) is 18.9 Å². The van der Waals surface area contributed by atoms with Gasteiger partial charge in [0.25, 0.3) is 0 Å². The molecule has 0 spiro atoms. The van der Waals surface area contributed by atoms with Gasteiger partial charge in [-0.1, -0.05) is 43.7 Å². The van der Waals surface area contributed by atoms with E-state index in [1.165, 1.54) is 23.1 Å². The molecular formula is C32H55O8P. The summed E-state index contributed by atoms with van der Waals surface area (Å²) < 4.78 is 31.2. The van der Waals surface area contributed by atoms with Crippen molar-refractivity contribution in [3.05, 3.63) is 36.0 Å². The Hall–Kier alpha value is -2.02. The van der Waals surface area contributed by atoms with Crippen LogP contribution >= 0.6 is 7.60 Å². The van der Waals surface area contributed by atoms with Gasteiger partial charge in [-0.3, -0.25) is 14.2 Å². The fourth-order valence-electron chi connectivity index (χ4n) is 4.65. The van der Waals surface area contributed by atoms with Crippen LogP contribution in [0.15, 0.2) is 36.0 Å². The van der Waals surface area contributed by atoms with E-state index in [2.05, 4.69) is 31.7 Å². The topological polar surface area (TPSA) is 105 Å². The van der Waals surface area contributed by atoms with Crippen molar-refractivity contribution in [3.63, 3.8) is 0 Å². The van der Waals surface area contributed by atoms with Gasteiger partial charge in [-0.05, 0) is 91.4 Å². The van der Waals surface area contributed by atoms with Crippen molar-refractivity contribution in [1.82, 2.24) is 0 Å². The highest BCUT2D eigenvalue weighted by atomic mass is 31.2. The van der Waals surface area contributed by atoms with E-state index >= 15 is 0 Å². The molecule has 4 atom stereocenters. The molecule has 2 aliphatic carbocycles. The summed E-state index contributed by atoms with van der Waals surface area (Å²) in [5.74, 6) is 1.47. The molecule has 0 aromatic rings. The molecule has 0 N–H and O–H groups in total. The number of ketones is 1. The highest BCUT2D eigenvalue weighted by molar-refractivity contribution is 7.54. The molecule has 0 saturated heterocycles. The number of Topliss-reactive ketones (excluding diaryl/α,β-unsaturated/α-hetero) is 1. The van der Waals surface area contributed by atoms with Crippen LogP contribution in [0.1, 0.15) is 93.9 Å². The molecule has 2 rings (SSSR count). The number of hydrogen-bond acceptors (Lipinski definition) is 8. The normalized spacial score (nSPS) is 23.3. The lowest BCUT2D eigenvalue weighted by Crippen LogP contribution is -2.22. The van der Waals surface area contributed by atoms with Crippen LogP contribution in [0.3, 0.4) is 0 Å². The van der Waals surface area contributed by atoms with Gasteiger partial charge in [0, 0.05) is 18.4 Å². The molecule has 2 fully saturated rings. The van der Waals surface area contributed by atoms with E-state index in [1.807, 2.05) is 20.8 Å². The van der Waals surface area contributed by atoms with E-state index in [0.29, 0.717) is 36.1 Å². The molecular weight excluding hydrogens is 543 g/mol. The average molecular weight is 599 g/mol. The summed E-state index contributed by atoms with van der Waals surface area (Å²) in [7, 11) is -3.28. The van der Waals surface area contributed by atoms with Gasteiger partial charge in [0.2, 0.25) is 0 Å². The second-order valence-corrected chi connectivity index (χ2v) is 12.9. The smallest absolute Gasteiger partial charge is 0.341 e. The van der Waals surface area contributed by atoms with E-state index in [0.717, 1.165) is 32.1 Å². The summed E-state index contributed by atoms with van der Waals surface area (Å²) >= 11 is 0. The Labute approximate surface area is 248 Å². The van der Waals surface area contributed by atoms with Crippen LogP contribution in [-0.2, 0) is 37.5 Å². The lowest BCUT2D eigenvalue weighted by Gasteiger charge is -2.29. The molecule has 9 heteroatoms. The summed E-state index contributed by atoms with van der Waals surface area (Å²) in [5.41, 5.74) is 3.62. The molecule has 0 aromatic carbocycles. The van der Waals surface area contributed by atoms with Gasteiger partial charge in [0.15, 0.2) is 0 Å². The predicted molar refractivity (Wildman–Crippen MR) is 165 cm³/mol. The molecule has 0 heterocycles. The number of ether oxygens (including phenoxy) is 2. The molecule has 236 valence electrons. The minimum Gasteiger partial charge on any atom is -0.466 e. The average Bonchev–Trinajstić information content (AvgIpc) is 2.88. The molecule has 1 unspecified atom stereocenters. The number of hydrogen-bond donors (Lipinski definition) is 0.